The molecule has 0 unspecified atom stereocenters. The molecule has 0 fully saturated rings. The number of hydrogen-bond acceptors (Lipinski definition) is 3. The van der Waals surface area contributed by atoms with Crippen LogP contribution in [0.2, 0.25) is 10.0 Å². The highest BCUT2D eigenvalue weighted by molar-refractivity contribution is 6.42. The number of carbonyl (C=O) groups is 1. The van der Waals surface area contributed by atoms with E-state index in [1.54, 1.807) is 18.3 Å². The van der Waals surface area contributed by atoms with Gasteiger partial charge in [0.25, 0.3) is 5.91 Å². The first kappa shape index (κ1) is 21.0. The van der Waals surface area contributed by atoms with Crippen LogP contribution in [0.25, 0.3) is 5.69 Å². The number of aryl methyl sites for hydroxylation is 1. The van der Waals surface area contributed by atoms with Crippen molar-refractivity contribution in [1.82, 2.24) is 9.99 Å². The van der Waals surface area contributed by atoms with Gasteiger partial charge in [0.2, 0.25) is 0 Å². The van der Waals surface area contributed by atoms with Crippen molar-refractivity contribution in [2.45, 2.75) is 13.8 Å². The number of rotatable bonds is 5. The molecule has 29 heavy (non-hydrogen) atoms. The van der Waals surface area contributed by atoms with E-state index >= 15 is 0 Å². The van der Waals surface area contributed by atoms with Gasteiger partial charge in [0.15, 0.2) is 0 Å². The lowest BCUT2D eigenvalue weighted by molar-refractivity contribution is 0.0955. The Labute approximate surface area is 180 Å². The van der Waals surface area contributed by atoms with Crippen molar-refractivity contribution in [2.75, 3.05) is 19.0 Å². The van der Waals surface area contributed by atoms with Crippen LogP contribution in [0.4, 0.5) is 5.69 Å². The number of hydrazone groups is 1. The van der Waals surface area contributed by atoms with Crippen molar-refractivity contribution < 1.29 is 4.79 Å². The number of anilines is 1. The smallest absolute Gasteiger partial charge is 0.271 e. The van der Waals surface area contributed by atoms with Crippen molar-refractivity contribution in [3.63, 3.8) is 0 Å². The summed E-state index contributed by atoms with van der Waals surface area (Å²) in [5, 5.41) is 4.82. The van der Waals surface area contributed by atoms with E-state index in [2.05, 4.69) is 44.3 Å². The number of aromatic nitrogens is 1. The third-order valence-corrected chi connectivity index (χ3v) is 5.39. The van der Waals surface area contributed by atoms with E-state index in [9.17, 15) is 4.79 Å². The maximum atomic E-state index is 12.2. The Morgan fingerprint density at radius 1 is 1.03 bits per heavy atom. The number of hydrogen-bond donors (Lipinski definition) is 1. The van der Waals surface area contributed by atoms with E-state index in [0.29, 0.717) is 15.6 Å². The second-order valence-corrected chi connectivity index (χ2v) is 7.72. The Hall–Kier alpha value is -2.76. The summed E-state index contributed by atoms with van der Waals surface area (Å²) < 4.78 is 2.15. The SMILES string of the molecule is Cc1cc(/C=N\NC(=O)c2ccc(Cl)c(Cl)c2)c(C)n1-c1ccc(N(C)C)cc1. The fraction of sp³-hybridized carbons (Fsp3) is 0.182. The van der Waals surface area contributed by atoms with Crippen molar-refractivity contribution >= 4 is 41.0 Å². The molecule has 1 heterocycles. The third-order valence-electron chi connectivity index (χ3n) is 4.65. The van der Waals surface area contributed by atoms with Crippen LogP contribution in [-0.2, 0) is 0 Å². The van der Waals surface area contributed by atoms with E-state index in [1.165, 1.54) is 6.07 Å². The van der Waals surface area contributed by atoms with Crippen LogP contribution in [0.3, 0.4) is 0 Å². The molecule has 1 amide bonds. The van der Waals surface area contributed by atoms with Crippen LogP contribution in [0.5, 0.6) is 0 Å². The molecule has 7 heteroatoms. The molecule has 3 aromatic rings. The summed E-state index contributed by atoms with van der Waals surface area (Å²) in [6.07, 6.45) is 1.64. The molecule has 0 atom stereocenters. The van der Waals surface area contributed by atoms with Gasteiger partial charge in [-0.3, -0.25) is 4.79 Å². The lowest BCUT2D eigenvalue weighted by atomic mass is 10.2. The van der Waals surface area contributed by atoms with Gasteiger partial charge in [0, 0.05) is 48.0 Å². The van der Waals surface area contributed by atoms with E-state index in [-0.39, 0.29) is 5.91 Å². The molecule has 0 bridgehead atoms. The Kier molecular flexibility index (Phi) is 6.30. The number of amides is 1. The van der Waals surface area contributed by atoms with Crippen LogP contribution in [0, 0.1) is 13.8 Å². The molecule has 3 rings (SSSR count). The minimum Gasteiger partial charge on any atom is -0.378 e. The normalized spacial score (nSPS) is 11.1. The van der Waals surface area contributed by atoms with Crippen LogP contribution < -0.4 is 10.3 Å². The average molecular weight is 429 g/mol. The summed E-state index contributed by atoms with van der Waals surface area (Å²) >= 11 is 11.8. The number of halogens is 2. The van der Waals surface area contributed by atoms with Crippen molar-refractivity contribution in [2.24, 2.45) is 5.10 Å². The second kappa shape index (κ2) is 8.72. The summed E-state index contributed by atoms with van der Waals surface area (Å²) in [4.78, 5) is 14.3. The second-order valence-electron chi connectivity index (χ2n) is 6.90. The first-order valence-electron chi connectivity index (χ1n) is 9.03. The van der Waals surface area contributed by atoms with Crippen LogP contribution >= 0.6 is 23.2 Å². The number of carbonyl (C=O) groups excluding carboxylic acids is 1. The average Bonchev–Trinajstić information content (AvgIpc) is 2.97. The van der Waals surface area contributed by atoms with Crippen molar-refractivity contribution in [3.05, 3.63) is 81.1 Å². The largest absolute Gasteiger partial charge is 0.378 e. The highest BCUT2D eigenvalue weighted by atomic mass is 35.5. The van der Waals surface area contributed by atoms with Crippen LogP contribution in [0.15, 0.2) is 53.6 Å². The monoisotopic (exact) mass is 428 g/mol. The van der Waals surface area contributed by atoms with Crippen molar-refractivity contribution in [3.8, 4) is 5.69 Å². The van der Waals surface area contributed by atoms with Gasteiger partial charge in [-0.05, 0) is 62.4 Å². The molecule has 0 saturated carbocycles. The molecule has 2 aromatic carbocycles. The number of nitrogens with one attached hydrogen (secondary N) is 1. The highest BCUT2D eigenvalue weighted by Crippen LogP contribution is 2.23. The summed E-state index contributed by atoms with van der Waals surface area (Å²) in [6.45, 7) is 4.06. The fourth-order valence-corrected chi connectivity index (χ4v) is 3.38. The highest BCUT2D eigenvalue weighted by Gasteiger charge is 2.11. The Morgan fingerprint density at radius 2 is 1.72 bits per heavy atom. The predicted octanol–water partition coefficient (Wildman–Crippen LogP) is 5.23. The van der Waals surface area contributed by atoms with Gasteiger partial charge in [-0.1, -0.05) is 23.2 Å². The summed E-state index contributed by atoms with van der Waals surface area (Å²) in [5.74, 6) is -0.354. The third kappa shape index (κ3) is 4.63. The summed E-state index contributed by atoms with van der Waals surface area (Å²) in [5.41, 5.74) is 8.17. The molecule has 0 radical (unpaired) electrons. The van der Waals surface area contributed by atoms with E-state index in [1.807, 2.05) is 34.0 Å². The fourth-order valence-electron chi connectivity index (χ4n) is 3.08. The van der Waals surface area contributed by atoms with E-state index < -0.39 is 0 Å². The quantitative estimate of drug-likeness (QED) is 0.446. The van der Waals surface area contributed by atoms with Gasteiger partial charge < -0.3 is 9.47 Å². The van der Waals surface area contributed by atoms with Crippen molar-refractivity contribution in [1.29, 1.82) is 0 Å². The lowest BCUT2D eigenvalue weighted by Crippen LogP contribution is -2.17. The van der Waals surface area contributed by atoms with Gasteiger partial charge in [-0.25, -0.2) is 5.43 Å². The number of nitrogens with zero attached hydrogens (tertiary/aromatic N) is 3. The first-order valence-corrected chi connectivity index (χ1v) is 9.78. The maximum Gasteiger partial charge on any atom is 0.271 e. The molecule has 0 aliphatic carbocycles. The predicted molar refractivity (Wildman–Crippen MR) is 121 cm³/mol. The molecular formula is C22H22Cl2N4O. The van der Waals surface area contributed by atoms with Gasteiger partial charge in [-0.2, -0.15) is 5.10 Å². The Bertz CT molecular complexity index is 1070. The first-order chi connectivity index (χ1) is 13.8. The molecular weight excluding hydrogens is 407 g/mol. The minimum atomic E-state index is -0.354. The zero-order chi connectivity index (χ0) is 21.1. The zero-order valence-corrected chi connectivity index (χ0v) is 18.2. The maximum absolute atomic E-state index is 12.2. The summed E-state index contributed by atoms with van der Waals surface area (Å²) in [7, 11) is 4.03. The topological polar surface area (TPSA) is 49.6 Å². The Morgan fingerprint density at radius 3 is 2.34 bits per heavy atom. The number of benzene rings is 2. The van der Waals surface area contributed by atoms with Gasteiger partial charge in [-0.15, -0.1) is 0 Å². The zero-order valence-electron chi connectivity index (χ0n) is 16.7. The molecule has 0 spiro atoms. The molecule has 0 saturated heterocycles. The molecule has 150 valence electrons. The minimum absolute atomic E-state index is 0.326. The Balaban J connectivity index is 1.77. The lowest BCUT2D eigenvalue weighted by Gasteiger charge is -2.14. The molecule has 1 N–H and O–H groups in total. The van der Waals surface area contributed by atoms with Gasteiger partial charge >= 0.3 is 0 Å². The van der Waals surface area contributed by atoms with Crippen LogP contribution in [0.1, 0.15) is 27.3 Å². The molecule has 5 nitrogen and oxygen atoms in total. The van der Waals surface area contributed by atoms with E-state index in [4.69, 9.17) is 23.2 Å². The molecule has 0 aliphatic heterocycles. The van der Waals surface area contributed by atoms with E-state index in [0.717, 1.165) is 28.3 Å². The standard InChI is InChI=1S/C22H22Cl2N4O/c1-14-11-17(13-25-26-22(29)16-5-10-20(23)21(24)12-16)15(2)28(14)19-8-6-18(7-9-19)27(3)4/h5-13H,1-4H3,(H,26,29)/b25-13-. The van der Waals surface area contributed by atoms with Gasteiger partial charge in [0.1, 0.15) is 0 Å². The van der Waals surface area contributed by atoms with Gasteiger partial charge in [0.05, 0.1) is 16.3 Å². The molecule has 0 aliphatic rings. The van der Waals surface area contributed by atoms with Crippen LogP contribution in [-0.4, -0.2) is 30.8 Å². The summed E-state index contributed by atoms with van der Waals surface area (Å²) in [6, 6.07) is 15.1. The molecule has 1 aromatic heterocycles.